The summed E-state index contributed by atoms with van der Waals surface area (Å²) in [5.41, 5.74) is 0.949. The lowest BCUT2D eigenvalue weighted by Gasteiger charge is -2.19. The monoisotopic (exact) mass is 416 g/mol. The molecule has 3 aromatic rings. The van der Waals surface area contributed by atoms with Crippen molar-refractivity contribution >= 4 is 17.4 Å². The molecule has 1 unspecified atom stereocenters. The van der Waals surface area contributed by atoms with Crippen LogP contribution in [0.5, 0.6) is 5.75 Å². The first-order chi connectivity index (χ1) is 14.2. The average Bonchev–Trinajstić information content (AvgIpc) is 3.18. The Morgan fingerprint density at radius 2 is 2.13 bits per heavy atom. The molecule has 1 atom stereocenters. The lowest BCUT2D eigenvalue weighted by molar-refractivity contribution is -0.117. The average molecular weight is 416 g/mol. The fraction of sp³-hybridized carbons (Fsp3) is 0.316. The van der Waals surface area contributed by atoms with Crippen LogP contribution in [0.2, 0.25) is 0 Å². The highest BCUT2D eigenvalue weighted by molar-refractivity contribution is 5.96. The minimum absolute atomic E-state index is 0.0172. The van der Waals surface area contributed by atoms with Crippen LogP contribution in [-0.4, -0.2) is 32.1 Å². The Labute approximate surface area is 168 Å². The van der Waals surface area contributed by atoms with Gasteiger partial charge < -0.3 is 10.1 Å². The second kappa shape index (κ2) is 6.98. The van der Waals surface area contributed by atoms with Crippen LogP contribution in [0.1, 0.15) is 43.0 Å². The van der Waals surface area contributed by atoms with Gasteiger partial charge in [0.05, 0.1) is 23.4 Å². The number of carbonyl (C=O) groups excluding carboxylic acids is 1. The predicted octanol–water partition coefficient (Wildman–Crippen LogP) is 3.14. The van der Waals surface area contributed by atoms with Crippen LogP contribution >= 0.6 is 0 Å². The third kappa shape index (κ3) is 3.30. The molecule has 1 amide bonds. The number of anilines is 1. The van der Waals surface area contributed by atoms with Crippen LogP contribution < -0.4 is 10.1 Å². The third-order valence-corrected chi connectivity index (χ3v) is 4.98. The molecule has 154 valence electrons. The summed E-state index contributed by atoms with van der Waals surface area (Å²) in [6.45, 7) is 0.731. The maximum Gasteiger partial charge on any atom is 0.387 e. The zero-order chi connectivity index (χ0) is 21.6. The van der Waals surface area contributed by atoms with Crippen molar-refractivity contribution in [1.82, 2.24) is 19.6 Å². The van der Waals surface area contributed by atoms with Gasteiger partial charge in [-0.05, 0) is 6.42 Å². The molecule has 0 aliphatic heterocycles. The van der Waals surface area contributed by atoms with E-state index in [0.717, 1.165) is 12.3 Å². The standard InChI is InChI=1S/C19H15F3N6O2/c1-19(2)5-10(11-7-25-15-4-13(20)27-28(15)16(11)19)17(29)26-14-3-9(6-23)12(8-24-14)30-18(21)22/h3-4,7-8,10,18H,5H2,1-2H3,(H,24,26,29). The topological polar surface area (TPSA) is 105 Å². The SMILES string of the molecule is CC1(C)CC(C(=O)Nc2cc(C#N)c(OC(F)F)cn2)c2cnc3cc(F)nn3c21. The summed E-state index contributed by atoms with van der Waals surface area (Å²) in [7, 11) is 0. The number of nitrogens with zero attached hydrogens (tertiary/aromatic N) is 5. The van der Waals surface area contributed by atoms with E-state index in [1.54, 1.807) is 6.07 Å². The quantitative estimate of drug-likeness (QED) is 0.701. The fourth-order valence-electron chi connectivity index (χ4n) is 3.80. The Hall–Kier alpha value is -3.68. The highest BCUT2D eigenvalue weighted by Crippen LogP contribution is 2.45. The van der Waals surface area contributed by atoms with Crippen molar-refractivity contribution in [3.8, 4) is 11.8 Å². The number of hydrogen-bond acceptors (Lipinski definition) is 6. The minimum Gasteiger partial charge on any atom is -0.432 e. The minimum atomic E-state index is -3.10. The van der Waals surface area contributed by atoms with Crippen LogP contribution in [0.4, 0.5) is 19.0 Å². The van der Waals surface area contributed by atoms with Gasteiger partial charge in [-0.1, -0.05) is 13.8 Å². The summed E-state index contributed by atoms with van der Waals surface area (Å²) in [5, 5.41) is 15.6. The van der Waals surface area contributed by atoms with Crippen LogP contribution in [0, 0.1) is 17.3 Å². The first-order valence-corrected chi connectivity index (χ1v) is 8.90. The molecule has 0 aromatic carbocycles. The highest BCUT2D eigenvalue weighted by Gasteiger charge is 2.43. The second-order valence-electron chi connectivity index (χ2n) is 7.49. The highest BCUT2D eigenvalue weighted by atomic mass is 19.3. The van der Waals surface area contributed by atoms with Crippen molar-refractivity contribution in [2.45, 2.75) is 38.2 Å². The molecule has 3 aromatic heterocycles. The van der Waals surface area contributed by atoms with E-state index in [4.69, 9.17) is 5.26 Å². The molecule has 1 aliphatic rings. The molecule has 3 heterocycles. The summed E-state index contributed by atoms with van der Waals surface area (Å²) in [6, 6.07) is 4.09. The van der Waals surface area contributed by atoms with Gasteiger partial charge in [-0.25, -0.2) is 14.5 Å². The molecule has 0 saturated heterocycles. The molecule has 11 heteroatoms. The van der Waals surface area contributed by atoms with Gasteiger partial charge in [0.15, 0.2) is 11.4 Å². The van der Waals surface area contributed by atoms with Crippen molar-refractivity contribution in [2.24, 2.45) is 0 Å². The molecular weight excluding hydrogens is 401 g/mol. The van der Waals surface area contributed by atoms with E-state index in [9.17, 15) is 18.0 Å². The summed E-state index contributed by atoms with van der Waals surface area (Å²) in [6.07, 6.45) is 2.89. The van der Waals surface area contributed by atoms with Crippen LogP contribution in [0.15, 0.2) is 24.5 Å². The molecule has 0 spiro atoms. The molecule has 1 aliphatic carbocycles. The van der Waals surface area contributed by atoms with Crippen molar-refractivity contribution in [3.05, 3.63) is 47.3 Å². The first-order valence-electron chi connectivity index (χ1n) is 8.90. The Kier molecular flexibility index (Phi) is 4.57. The number of ether oxygens (including phenoxy) is 1. The van der Waals surface area contributed by atoms with E-state index in [-0.39, 0.29) is 17.1 Å². The zero-order valence-corrected chi connectivity index (χ0v) is 15.9. The van der Waals surface area contributed by atoms with Gasteiger partial charge in [0.2, 0.25) is 11.9 Å². The lowest BCUT2D eigenvalue weighted by atomic mass is 9.88. The number of carbonyl (C=O) groups is 1. The third-order valence-electron chi connectivity index (χ3n) is 4.98. The molecule has 4 rings (SSSR count). The van der Waals surface area contributed by atoms with E-state index < -0.39 is 29.8 Å². The number of aromatic nitrogens is 4. The molecule has 30 heavy (non-hydrogen) atoms. The van der Waals surface area contributed by atoms with Crippen molar-refractivity contribution in [1.29, 1.82) is 5.26 Å². The van der Waals surface area contributed by atoms with Crippen molar-refractivity contribution in [2.75, 3.05) is 5.32 Å². The molecule has 0 fully saturated rings. The van der Waals surface area contributed by atoms with Gasteiger partial charge in [-0.3, -0.25) is 4.79 Å². The van der Waals surface area contributed by atoms with Gasteiger partial charge >= 0.3 is 6.61 Å². The number of amides is 1. The van der Waals surface area contributed by atoms with E-state index in [0.29, 0.717) is 23.3 Å². The van der Waals surface area contributed by atoms with Crippen molar-refractivity contribution in [3.63, 3.8) is 0 Å². The molecule has 8 nitrogen and oxygen atoms in total. The maximum atomic E-state index is 13.6. The summed E-state index contributed by atoms with van der Waals surface area (Å²) >= 11 is 0. The largest absolute Gasteiger partial charge is 0.432 e. The first kappa shape index (κ1) is 19.6. The number of nitriles is 1. The van der Waals surface area contributed by atoms with E-state index in [2.05, 4.69) is 25.1 Å². The molecule has 1 N–H and O–H groups in total. The Bertz CT molecular complexity index is 1200. The van der Waals surface area contributed by atoms with Gasteiger partial charge in [0, 0.05) is 29.3 Å². The van der Waals surface area contributed by atoms with E-state index in [1.807, 2.05) is 13.8 Å². The molecular formula is C19H15F3N6O2. The number of alkyl halides is 2. The number of fused-ring (bicyclic) bond motifs is 3. The van der Waals surface area contributed by atoms with Crippen molar-refractivity contribution < 1.29 is 22.7 Å². The Balaban J connectivity index is 1.65. The van der Waals surface area contributed by atoms with E-state index in [1.165, 1.54) is 16.8 Å². The van der Waals surface area contributed by atoms with Gasteiger partial charge in [-0.15, -0.1) is 5.10 Å². The summed E-state index contributed by atoms with van der Waals surface area (Å²) in [5.74, 6) is -2.08. The Morgan fingerprint density at radius 3 is 2.83 bits per heavy atom. The molecule has 0 bridgehead atoms. The van der Waals surface area contributed by atoms with E-state index >= 15 is 0 Å². The van der Waals surface area contributed by atoms with Crippen LogP contribution in [0.25, 0.3) is 5.65 Å². The molecule has 0 radical (unpaired) electrons. The smallest absolute Gasteiger partial charge is 0.387 e. The summed E-state index contributed by atoms with van der Waals surface area (Å²) < 4.78 is 44.1. The van der Waals surface area contributed by atoms with Crippen LogP contribution in [0.3, 0.4) is 0 Å². The van der Waals surface area contributed by atoms with Gasteiger partial charge in [0.1, 0.15) is 11.9 Å². The van der Waals surface area contributed by atoms with Gasteiger partial charge in [0.25, 0.3) is 0 Å². The number of halogens is 3. The normalized spacial score (nSPS) is 17.0. The fourth-order valence-corrected chi connectivity index (χ4v) is 3.80. The lowest BCUT2D eigenvalue weighted by Crippen LogP contribution is -2.22. The predicted molar refractivity (Wildman–Crippen MR) is 97.5 cm³/mol. The maximum absolute atomic E-state index is 13.6. The zero-order valence-electron chi connectivity index (χ0n) is 15.9. The number of hydrogen-bond donors (Lipinski definition) is 1. The second-order valence-corrected chi connectivity index (χ2v) is 7.49. The number of nitrogens with one attached hydrogen (secondary N) is 1. The Morgan fingerprint density at radius 1 is 1.37 bits per heavy atom. The molecule has 0 saturated carbocycles. The van der Waals surface area contributed by atoms with Gasteiger partial charge in [-0.2, -0.15) is 18.4 Å². The number of pyridine rings is 1. The van der Waals surface area contributed by atoms with Crippen LogP contribution in [-0.2, 0) is 10.2 Å². The summed E-state index contributed by atoms with van der Waals surface area (Å²) in [4.78, 5) is 21.0. The number of rotatable bonds is 4.